The number of aliphatic carboxylic acids is 1. The van der Waals surface area contributed by atoms with Crippen molar-refractivity contribution >= 4 is 5.97 Å². The number of hydrogen-bond acceptors (Lipinski definition) is 2. The van der Waals surface area contributed by atoms with E-state index in [0.717, 1.165) is 11.6 Å². The molecule has 17 heavy (non-hydrogen) atoms. The average Bonchev–Trinajstić information content (AvgIpc) is 2.25. The third kappa shape index (κ3) is 4.36. The Morgan fingerprint density at radius 2 is 2.00 bits per heavy atom. The van der Waals surface area contributed by atoms with Crippen LogP contribution in [-0.4, -0.2) is 17.6 Å². The second kappa shape index (κ2) is 6.15. The van der Waals surface area contributed by atoms with E-state index in [0.29, 0.717) is 24.2 Å². The Morgan fingerprint density at radius 3 is 2.53 bits per heavy atom. The van der Waals surface area contributed by atoms with Gasteiger partial charge in [-0.05, 0) is 30.5 Å². The van der Waals surface area contributed by atoms with Gasteiger partial charge in [-0.25, -0.2) is 9.18 Å². The summed E-state index contributed by atoms with van der Waals surface area (Å²) in [6.07, 6.45) is 2.62. The highest BCUT2D eigenvalue weighted by molar-refractivity contribution is 5.79. The number of hydrogen-bond donors (Lipinski definition) is 2. The molecule has 0 amide bonds. The van der Waals surface area contributed by atoms with Gasteiger partial charge in [0.1, 0.15) is 5.82 Å². The highest BCUT2D eigenvalue weighted by atomic mass is 19.1. The van der Waals surface area contributed by atoms with Crippen molar-refractivity contribution in [3.63, 3.8) is 0 Å². The number of carbonyl (C=O) groups is 1. The van der Waals surface area contributed by atoms with Crippen molar-refractivity contribution in [3.05, 3.63) is 46.8 Å². The van der Waals surface area contributed by atoms with Crippen LogP contribution in [0, 0.1) is 19.7 Å². The van der Waals surface area contributed by atoms with Gasteiger partial charge in [-0.1, -0.05) is 18.2 Å². The number of rotatable bonds is 5. The van der Waals surface area contributed by atoms with Crippen LogP contribution in [0.2, 0.25) is 0 Å². The summed E-state index contributed by atoms with van der Waals surface area (Å²) >= 11 is 0. The minimum absolute atomic E-state index is 0.167. The van der Waals surface area contributed by atoms with Crippen LogP contribution >= 0.6 is 0 Å². The van der Waals surface area contributed by atoms with Gasteiger partial charge in [-0.2, -0.15) is 0 Å². The zero-order chi connectivity index (χ0) is 12.8. The molecular weight excluding hydrogens is 221 g/mol. The number of aryl methyl sites for hydroxylation is 2. The Kier molecular flexibility index (Phi) is 4.84. The summed E-state index contributed by atoms with van der Waals surface area (Å²) in [6.45, 7) is 4.53. The van der Waals surface area contributed by atoms with Crippen molar-refractivity contribution in [2.75, 3.05) is 6.54 Å². The molecular formula is C13H16FNO2. The monoisotopic (exact) mass is 237 g/mol. The number of carboxylic acid groups (broad SMARTS) is 1. The lowest BCUT2D eigenvalue weighted by atomic mass is 10.1. The summed E-state index contributed by atoms with van der Waals surface area (Å²) in [6, 6.07) is 3.58. The summed E-state index contributed by atoms with van der Waals surface area (Å²) in [4.78, 5) is 10.2. The van der Waals surface area contributed by atoms with E-state index in [1.165, 1.54) is 6.08 Å². The Morgan fingerprint density at radius 1 is 1.41 bits per heavy atom. The molecule has 0 unspecified atom stereocenters. The predicted octanol–water partition coefficient (Wildman–Crippen LogP) is 2.17. The zero-order valence-corrected chi connectivity index (χ0v) is 9.96. The van der Waals surface area contributed by atoms with Crippen LogP contribution in [0.15, 0.2) is 24.3 Å². The molecule has 0 radical (unpaired) electrons. The van der Waals surface area contributed by atoms with Crippen LogP contribution in [-0.2, 0) is 11.3 Å². The lowest BCUT2D eigenvalue weighted by Gasteiger charge is -2.07. The van der Waals surface area contributed by atoms with E-state index in [2.05, 4.69) is 5.32 Å². The van der Waals surface area contributed by atoms with Gasteiger partial charge in [0.05, 0.1) is 0 Å². The normalized spacial score (nSPS) is 11.0. The maximum atomic E-state index is 13.3. The summed E-state index contributed by atoms with van der Waals surface area (Å²) in [5.74, 6) is -1.13. The first-order valence-corrected chi connectivity index (χ1v) is 5.36. The zero-order valence-electron chi connectivity index (χ0n) is 9.96. The van der Waals surface area contributed by atoms with Gasteiger partial charge in [0.15, 0.2) is 0 Å². The molecule has 1 aromatic carbocycles. The predicted molar refractivity (Wildman–Crippen MR) is 64.4 cm³/mol. The first-order valence-electron chi connectivity index (χ1n) is 5.36. The molecule has 0 fully saturated rings. The second-order valence-electron chi connectivity index (χ2n) is 3.92. The topological polar surface area (TPSA) is 49.3 Å². The van der Waals surface area contributed by atoms with Gasteiger partial charge >= 0.3 is 5.97 Å². The van der Waals surface area contributed by atoms with Crippen LogP contribution in [0.3, 0.4) is 0 Å². The molecule has 92 valence electrons. The molecule has 0 aliphatic rings. The van der Waals surface area contributed by atoms with Crippen molar-refractivity contribution < 1.29 is 14.3 Å². The average molecular weight is 237 g/mol. The maximum Gasteiger partial charge on any atom is 0.328 e. The SMILES string of the molecule is Cc1cc(CNC/C=C/C(=O)O)cc(C)c1F. The van der Waals surface area contributed by atoms with Crippen molar-refractivity contribution in [1.82, 2.24) is 5.32 Å². The lowest BCUT2D eigenvalue weighted by molar-refractivity contribution is -0.131. The van der Waals surface area contributed by atoms with Crippen LogP contribution in [0.25, 0.3) is 0 Å². The van der Waals surface area contributed by atoms with Gasteiger partial charge in [0, 0.05) is 19.2 Å². The first-order chi connectivity index (χ1) is 8.00. The molecule has 0 atom stereocenters. The fraction of sp³-hybridized carbons (Fsp3) is 0.308. The van der Waals surface area contributed by atoms with Crippen molar-refractivity contribution in [2.45, 2.75) is 20.4 Å². The number of nitrogens with one attached hydrogen (secondary N) is 1. The highest BCUT2D eigenvalue weighted by Crippen LogP contribution is 2.14. The van der Waals surface area contributed by atoms with Gasteiger partial charge < -0.3 is 10.4 Å². The van der Waals surface area contributed by atoms with E-state index in [9.17, 15) is 9.18 Å². The van der Waals surface area contributed by atoms with Crippen LogP contribution in [0.1, 0.15) is 16.7 Å². The van der Waals surface area contributed by atoms with E-state index < -0.39 is 5.97 Å². The van der Waals surface area contributed by atoms with Crippen LogP contribution in [0.5, 0.6) is 0 Å². The summed E-state index contributed by atoms with van der Waals surface area (Å²) in [7, 11) is 0. The summed E-state index contributed by atoms with van der Waals surface area (Å²) in [5.41, 5.74) is 2.25. The van der Waals surface area contributed by atoms with Gasteiger partial charge in [0.25, 0.3) is 0 Å². The quantitative estimate of drug-likeness (QED) is 0.609. The Labute approximate surface area is 100.0 Å². The van der Waals surface area contributed by atoms with E-state index >= 15 is 0 Å². The van der Waals surface area contributed by atoms with Crippen molar-refractivity contribution in [3.8, 4) is 0 Å². The fourth-order valence-corrected chi connectivity index (χ4v) is 1.60. The molecule has 0 spiro atoms. The second-order valence-corrected chi connectivity index (χ2v) is 3.92. The smallest absolute Gasteiger partial charge is 0.328 e. The van der Waals surface area contributed by atoms with E-state index in [1.807, 2.05) is 0 Å². The standard InChI is InChI=1S/C13H16FNO2/c1-9-6-11(7-10(2)13(9)14)8-15-5-3-4-12(16)17/h3-4,6-7,15H,5,8H2,1-2H3,(H,16,17)/b4-3+. The molecule has 4 heteroatoms. The van der Waals surface area contributed by atoms with Gasteiger partial charge in [-0.3, -0.25) is 0 Å². The largest absolute Gasteiger partial charge is 0.478 e. The highest BCUT2D eigenvalue weighted by Gasteiger charge is 2.03. The first kappa shape index (κ1) is 13.4. The van der Waals surface area contributed by atoms with E-state index in [-0.39, 0.29) is 5.82 Å². The summed E-state index contributed by atoms with van der Waals surface area (Å²) < 4.78 is 13.3. The lowest BCUT2D eigenvalue weighted by Crippen LogP contribution is -2.13. The van der Waals surface area contributed by atoms with Crippen molar-refractivity contribution in [2.24, 2.45) is 0 Å². The van der Waals surface area contributed by atoms with Crippen molar-refractivity contribution in [1.29, 1.82) is 0 Å². The maximum absolute atomic E-state index is 13.3. The molecule has 1 rings (SSSR count). The molecule has 0 aliphatic carbocycles. The molecule has 2 N–H and O–H groups in total. The Bertz CT molecular complexity index is 418. The fourth-order valence-electron chi connectivity index (χ4n) is 1.60. The molecule has 0 saturated heterocycles. The molecule has 0 aromatic heterocycles. The number of benzene rings is 1. The van der Waals surface area contributed by atoms with Gasteiger partial charge in [-0.15, -0.1) is 0 Å². The van der Waals surface area contributed by atoms with E-state index in [1.54, 1.807) is 26.0 Å². The molecule has 0 bridgehead atoms. The molecule has 0 saturated carbocycles. The van der Waals surface area contributed by atoms with Gasteiger partial charge in [0.2, 0.25) is 0 Å². The molecule has 1 aromatic rings. The summed E-state index contributed by atoms with van der Waals surface area (Å²) in [5, 5.41) is 11.4. The minimum Gasteiger partial charge on any atom is -0.478 e. The number of halogens is 1. The van der Waals surface area contributed by atoms with E-state index in [4.69, 9.17) is 5.11 Å². The Balaban J connectivity index is 2.50. The number of carboxylic acids is 1. The third-order valence-corrected chi connectivity index (χ3v) is 2.35. The molecule has 3 nitrogen and oxygen atoms in total. The minimum atomic E-state index is -0.958. The van der Waals surface area contributed by atoms with Crippen LogP contribution in [0.4, 0.5) is 4.39 Å². The third-order valence-electron chi connectivity index (χ3n) is 2.35. The Hall–Kier alpha value is -1.68. The molecule has 0 heterocycles. The van der Waals surface area contributed by atoms with Crippen LogP contribution < -0.4 is 5.32 Å². The molecule has 0 aliphatic heterocycles.